The number of hydrogen-bond acceptors (Lipinski definition) is 2. The van der Waals surface area contributed by atoms with Gasteiger partial charge in [0.25, 0.3) is 0 Å². The van der Waals surface area contributed by atoms with Crippen LogP contribution in [0.4, 0.5) is 0 Å². The Labute approximate surface area is 222 Å². The van der Waals surface area contributed by atoms with E-state index in [0.29, 0.717) is 0 Å². The molecule has 0 spiro atoms. The summed E-state index contributed by atoms with van der Waals surface area (Å²) < 4.78 is 7.21. The Kier molecular flexibility index (Phi) is 7.48. The van der Waals surface area contributed by atoms with Gasteiger partial charge in [-0.25, -0.2) is 4.98 Å². The quantitative estimate of drug-likeness (QED) is 0.164. The lowest BCUT2D eigenvalue weighted by molar-refractivity contribution is 0.142. The van der Waals surface area contributed by atoms with Gasteiger partial charge in [-0.05, 0) is 53.5 Å². The second-order valence-electron chi connectivity index (χ2n) is 10.0. The van der Waals surface area contributed by atoms with Crippen molar-refractivity contribution in [1.82, 2.24) is 4.98 Å². The van der Waals surface area contributed by atoms with E-state index in [-0.39, 0.29) is 0 Å². The first-order valence-corrected chi connectivity index (χ1v) is 17.4. The van der Waals surface area contributed by atoms with E-state index >= 15 is 0 Å². The Morgan fingerprint density at radius 3 is 1.41 bits per heavy atom. The van der Waals surface area contributed by atoms with Crippen molar-refractivity contribution < 1.29 is 4.43 Å². The molecule has 4 heteroatoms. The molecule has 2 nitrogen and oxygen atoms in total. The van der Waals surface area contributed by atoms with Crippen molar-refractivity contribution in [3.63, 3.8) is 0 Å². The van der Waals surface area contributed by atoms with Crippen molar-refractivity contribution in [2.24, 2.45) is 0 Å². The lowest BCUT2D eigenvalue weighted by atomic mass is 9.83. The van der Waals surface area contributed by atoms with E-state index in [1.165, 1.54) is 10.6 Å². The maximum absolute atomic E-state index is 7.21. The van der Waals surface area contributed by atoms with Gasteiger partial charge in [0.15, 0.2) is 8.32 Å². The molecule has 184 valence electrons. The largest absolute Gasteiger partial charge is 0.399 e. The molecule has 0 atom stereocenters. The fraction of sp³-hybridized carbons (Fsp3) is 0.121. The number of nitrogens with zero attached hydrogens (tertiary/aromatic N) is 1. The lowest BCUT2D eigenvalue weighted by Gasteiger charge is -2.40. The molecule has 1 heterocycles. The van der Waals surface area contributed by atoms with E-state index in [4.69, 9.17) is 9.41 Å². The number of pyridine rings is 1. The third-order valence-electron chi connectivity index (χ3n) is 6.17. The summed E-state index contributed by atoms with van der Waals surface area (Å²) in [6, 6.07) is 49.0. The van der Waals surface area contributed by atoms with Gasteiger partial charge in [0.05, 0.1) is 11.1 Å². The highest BCUT2D eigenvalue weighted by Crippen LogP contribution is 2.42. The molecule has 0 fully saturated rings. The van der Waals surface area contributed by atoms with Crippen LogP contribution in [0.15, 0.2) is 140 Å². The van der Waals surface area contributed by atoms with E-state index in [9.17, 15) is 0 Å². The van der Waals surface area contributed by atoms with Crippen LogP contribution in [-0.4, -0.2) is 13.3 Å². The van der Waals surface area contributed by atoms with E-state index in [0.717, 1.165) is 22.3 Å². The maximum Gasteiger partial charge on any atom is 0.185 e. The zero-order valence-electron chi connectivity index (χ0n) is 21.6. The Bertz CT molecular complexity index is 1340. The number of benzene rings is 4. The van der Waals surface area contributed by atoms with E-state index in [1.54, 1.807) is 0 Å². The highest BCUT2D eigenvalue weighted by Gasteiger charge is 2.42. The number of hydrogen-bond donors (Lipinski definition) is 0. The molecule has 0 saturated heterocycles. The minimum atomic E-state index is -2.05. The van der Waals surface area contributed by atoms with Gasteiger partial charge in [-0.1, -0.05) is 127 Å². The second-order valence-corrected chi connectivity index (χ2v) is 16.6. The Hall–Kier alpha value is -3.36. The first kappa shape index (κ1) is 25.3. The van der Waals surface area contributed by atoms with Gasteiger partial charge in [-0.15, -0.1) is 0 Å². The SMILES string of the molecule is C[Si](C)(C)OC(c1ccccc1)(c1ccccc1)c1cccc(P(c2ccccc2)c2ccccc2)n1. The summed E-state index contributed by atoms with van der Waals surface area (Å²) in [5.41, 5.74) is 3.37. The topological polar surface area (TPSA) is 22.1 Å². The molecule has 0 N–H and O–H groups in total. The van der Waals surface area contributed by atoms with Crippen LogP contribution in [0.3, 0.4) is 0 Å². The molecule has 5 aromatic rings. The predicted octanol–water partition coefficient (Wildman–Crippen LogP) is 6.98. The zero-order valence-corrected chi connectivity index (χ0v) is 23.5. The molecule has 37 heavy (non-hydrogen) atoms. The number of rotatable bonds is 8. The maximum atomic E-state index is 7.21. The third-order valence-corrected chi connectivity index (χ3v) is 9.43. The molecular formula is C33H32NOPSi. The molecule has 1 aromatic heterocycles. The van der Waals surface area contributed by atoms with E-state index in [1.807, 2.05) is 0 Å². The molecule has 0 unspecified atom stereocenters. The molecule has 0 aliphatic rings. The van der Waals surface area contributed by atoms with E-state index < -0.39 is 21.8 Å². The van der Waals surface area contributed by atoms with Gasteiger partial charge in [-0.2, -0.15) is 0 Å². The standard InChI is InChI=1S/C33H32NOPSi/c1-37(2,3)35-33(27-17-8-4-9-18-27,28-19-10-5-11-20-28)31-25-16-26-32(34-31)36(29-21-12-6-13-22-29)30-23-14-7-15-24-30/h4-26H,1-3H3. The molecule has 0 aliphatic carbocycles. The average molecular weight is 518 g/mol. The van der Waals surface area contributed by atoms with Crippen molar-refractivity contribution in [3.8, 4) is 0 Å². The van der Waals surface area contributed by atoms with Crippen LogP contribution in [0, 0.1) is 0 Å². The van der Waals surface area contributed by atoms with Crippen molar-refractivity contribution in [2.75, 3.05) is 0 Å². The highest BCUT2D eigenvalue weighted by molar-refractivity contribution is 7.79. The van der Waals surface area contributed by atoms with Gasteiger partial charge in [-0.3, -0.25) is 0 Å². The molecule has 0 amide bonds. The van der Waals surface area contributed by atoms with Crippen LogP contribution in [-0.2, 0) is 10.0 Å². The second kappa shape index (κ2) is 10.9. The molecule has 0 aliphatic heterocycles. The molecule has 4 aromatic carbocycles. The highest BCUT2D eigenvalue weighted by atomic mass is 31.1. The minimum Gasteiger partial charge on any atom is -0.399 e. The van der Waals surface area contributed by atoms with Crippen molar-refractivity contribution in [1.29, 1.82) is 0 Å². The monoisotopic (exact) mass is 517 g/mol. The fourth-order valence-corrected chi connectivity index (χ4v) is 8.22. The van der Waals surface area contributed by atoms with Crippen molar-refractivity contribution >= 4 is 32.3 Å². The Morgan fingerprint density at radius 2 is 0.973 bits per heavy atom. The van der Waals surface area contributed by atoms with Gasteiger partial charge in [0.2, 0.25) is 0 Å². The van der Waals surface area contributed by atoms with Crippen LogP contribution < -0.4 is 16.0 Å². The number of aromatic nitrogens is 1. The minimum absolute atomic E-state index is 0.808. The summed E-state index contributed by atoms with van der Waals surface area (Å²) in [6.45, 7) is 6.74. The summed E-state index contributed by atoms with van der Waals surface area (Å²) in [5, 5.41) is 2.56. The molecule has 5 rings (SSSR count). The summed E-state index contributed by atoms with van der Waals surface area (Å²) >= 11 is 0. The third kappa shape index (κ3) is 5.50. The molecule has 0 saturated carbocycles. The molecular weight excluding hydrogens is 485 g/mol. The summed E-state index contributed by atoms with van der Waals surface area (Å²) in [4.78, 5) is 5.46. The van der Waals surface area contributed by atoms with Crippen molar-refractivity contribution in [3.05, 3.63) is 156 Å². The van der Waals surface area contributed by atoms with Gasteiger partial charge >= 0.3 is 0 Å². The fourth-order valence-electron chi connectivity index (χ4n) is 4.75. The van der Waals surface area contributed by atoms with E-state index in [2.05, 4.69) is 159 Å². The Balaban J connectivity index is 1.77. The van der Waals surface area contributed by atoms with Crippen LogP contribution in [0.5, 0.6) is 0 Å². The van der Waals surface area contributed by atoms with Crippen LogP contribution in [0.25, 0.3) is 0 Å². The predicted molar refractivity (Wildman–Crippen MR) is 160 cm³/mol. The Morgan fingerprint density at radius 1 is 0.541 bits per heavy atom. The summed E-state index contributed by atoms with van der Waals surface area (Å²) in [7, 11) is -2.88. The summed E-state index contributed by atoms with van der Waals surface area (Å²) in [6.07, 6.45) is 0. The summed E-state index contributed by atoms with van der Waals surface area (Å²) in [5.74, 6) is 0. The van der Waals surface area contributed by atoms with Crippen molar-refractivity contribution in [2.45, 2.75) is 25.2 Å². The first-order valence-electron chi connectivity index (χ1n) is 12.7. The van der Waals surface area contributed by atoms with Gasteiger partial charge in [0.1, 0.15) is 5.60 Å². The van der Waals surface area contributed by atoms with Crippen LogP contribution >= 0.6 is 7.92 Å². The van der Waals surface area contributed by atoms with Crippen LogP contribution in [0.2, 0.25) is 19.6 Å². The van der Waals surface area contributed by atoms with Gasteiger partial charge < -0.3 is 4.43 Å². The molecule has 0 radical (unpaired) electrons. The molecule has 0 bridgehead atoms. The first-order chi connectivity index (χ1) is 18.0. The smallest absolute Gasteiger partial charge is 0.185 e. The normalized spacial score (nSPS) is 12.0. The van der Waals surface area contributed by atoms with Gasteiger partial charge in [0, 0.05) is 7.92 Å². The lowest BCUT2D eigenvalue weighted by Crippen LogP contribution is -2.43. The zero-order chi connectivity index (χ0) is 25.7. The van der Waals surface area contributed by atoms with Crippen LogP contribution in [0.1, 0.15) is 16.8 Å². The average Bonchev–Trinajstić information content (AvgIpc) is 2.94.